The van der Waals surface area contributed by atoms with E-state index in [2.05, 4.69) is 40.0 Å². The number of aryl methyl sites for hydroxylation is 2. The summed E-state index contributed by atoms with van der Waals surface area (Å²) in [6, 6.07) is 16.2. The summed E-state index contributed by atoms with van der Waals surface area (Å²) in [5.41, 5.74) is 5.44. The molecule has 0 unspecified atom stereocenters. The van der Waals surface area contributed by atoms with Crippen LogP contribution in [0.2, 0.25) is 0 Å². The molecule has 6 nitrogen and oxygen atoms in total. The van der Waals surface area contributed by atoms with Crippen LogP contribution in [-0.2, 0) is 17.4 Å². The average Bonchev–Trinajstić information content (AvgIpc) is 3.72. The van der Waals surface area contributed by atoms with E-state index in [1.165, 1.54) is 0 Å². The fraction of sp³-hybridized carbons (Fsp3) is 0.394. The summed E-state index contributed by atoms with van der Waals surface area (Å²) in [6.45, 7) is 5.18. The van der Waals surface area contributed by atoms with Crippen molar-refractivity contribution in [1.29, 1.82) is 0 Å². The van der Waals surface area contributed by atoms with Gasteiger partial charge in [0.2, 0.25) is 0 Å². The van der Waals surface area contributed by atoms with Crippen molar-refractivity contribution < 1.29 is 14.2 Å². The molecule has 7 rings (SSSR count). The Morgan fingerprint density at radius 2 is 1.80 bits per heavy atom. The smallest absolute Gasteiger partial charge is 0.153 e. The lowest BCUT2D eigenvalue weighted by Gasteiger charge is -2.33. The molecule has 0 spiro atoms. The molecule has 2 atom stereocenters. The topological polar surface area (TPSA) is 65.1 Å². The minimum atomic E-state index is -1.22. The zero-order valence-corrected chi connectivity index (χ0v) is 23.3. The highest BCUT2D eigenvalue weighted by Crippen LogP contribution is 2.48. The van der Waals surface area contributed by atoms with Crippen LogP contribution in [0.25, 0.3) is 33.2 Å². The van der Waals surface area contributed by atoms with Gasteiger partial charge in [-0.2, -0.15) is 5.10 Å². The number of fused-ring (bicyclic) bond motifs is 3. The van der Waals surface area contributed by atoms with Gasteiger partial charge in [0.05, 0.1) is 40.1 Å². The van der Waals surface area contributed by atoms with E-state index in [4.69, 9.17) is 9.72 Å². The molecule has 206 valence electrons. The van der Waals surface area contributed by atoms with Crippen molar-refractivity contribution in [3.8, 4) is 11.3 Å². The number of hydrogen-bond acceptors (Lipinski definition) is 4. The molecule has 0 radical (unpaired) electrons. The Morgan fingerprint density at radius 3 is 2.48 bits per heavy atom. The number of nitrogens with zero attached hydrogens (tertiary/aromatic N) is 4. The molecule has 3 aromatic heterocycles. The van der Waals surface area contributed by atoms with Gasteiger partial charge in [0.1, 0.15) is 0 Å². The van der Waals surface area contributed by atoms with Gasteiger partial charge in [-0.3, -0.25) is 9.67 Å². The molecule has 2 aliphatic rings. The highest BCUT2D eigenvalue weighted by atomic mass is 19.1. The van der Waals surface area contributed by atoms with Crippen molar-refractivity contribution in [2.75, 3.05) is 13.2 Å². The van der Waals surface area contributed by atoms with Gasteiger partial charge in [-0.1, -0.05) is 42.5 Å². The third-order valence-corrected chi connectivity index (χ3v) is 9.18. The molecule has 4 heterocycles. The van der Waals surface area contributed by atoms with Crippen LogP contribution in [-0.4, -0.2) is 37.7 Å². The van der Waals surface area contributed by atoms with Crippen LogP contribution in [0.5, 0.6) is 0 Å². The maximum atomic E-state index is 16.9. The SMILES string of the molecule is Cc1cnn(C)c1-c1cnc2c3ccc([C@](C)(O)C4CC4)c(F)c3n([C@H](c3ccccc3)C3CCOCC3)c2c1. The Bertz CT molecular complexity index is 1690. The first-order chi connectivity index (χ1) is 19.4. The minimum Gasteiger partial charge on any atom is -0.385 e. The predicted octanol–water partition coefficient (Wildman–Crippen LogP) is 6.67. The Labute approximate surface area is 233 Å². The lowest BCUT2D eigenvalue weighted by Crippen LogP contribution is -2.28. The Kier molecular flexibility index (Phi) is 6.06. The van der Waals surface area contributed by atoms with Crippen molar-refractivity contribution in [2.45, 2.75) is 51.2 Å². The van der Waals surface area contributed by atoms with Crippen LogP contribution in [0, 0.1) is 24.6 Å². The van der Waals surface area contributed by atoms with Gasteiger partial charge in [0.25, 0.3) is 0 Å². The van der Waals surface area contributed by atoms with Gasteiger partial charge in [0.15, 0.2) is 5.82 Å². The van der Waals surface area contributed by atoms with Crippen LogP contribution in [0.4, 0.5) is 4.39 Å². The van der Waals surface area contributed by atoms with E-state index in [-0.39, 0.29) is 23.7 Å². The van der Waals surface area contributed by atoms with Crippen LogP contribution in [0.3, 0.4) is 0 Å². The summed E-state index contributed by atoms with van der Waals surface area (Å²) in [6.07, 6.45) is 7.32. The Balaban J connectivity index is 1.57. The fourth-order valence-corrected chi connectivity index (χ4v) is 6.91. The fourth-order valence-electron chi connectivity index (χ4n) is 6.91. The van der Waals surface area contributed by atoms with Gasteiger partial charge >= 0.3 is 0 Å². The van der Waals surface area contributed by atoms with Gasteiger partial charge in [-0.05, 0) is 68.6 Å². The van der Waals surface area contributed by atoms with Crippen LogP contribution in [0.1, 0.15) is 55.3 Å². The highest BCUT2D eigenvalue weighted by Gasteiger charge is 2.43. The number of rotatable bonds is 6. The van der Waals surface area contributed by atoms with E-state index < -0.39 is 5.60 Å². The van der Waals surface area contributed by atoms with E-state index in [1.807, 2.05) is 43.2 Å². The number of aliphatic hydroxyl groups is 1. The molecular formula is C33H35FN4O2. The second kappa shape index (κ2) is 9.53. The summed E-state index contributed by atoms with van der Waals surface area (Å²) in [7, 11) is 1.93. The van der Waals surface area contributed by atoms with Crippen molar-refractivity contribution in [3.63, 3.8) is 0 Å². The second-order valence-corrected chi connectivity index (χ2v) is 11.8. The molecule has 40 heavy (non-hydrogen) atoms. The average molecular weight is 539 g/mol. The van der Waals surface area contributed by atoms with Crippen molar-refractivity contribution >= 4 is 21.9 Å². The molecule has 5 aromatic rings. The van der Waals surface area contributed by atoms with Crippen LogP contribution in [0.15, 0.2) is 60.9 Å². The predicted molar refractivity (Wildman–Crippen MR) is 155 cm³/mol. The number of benzene rings is 2. The minimum absolute atomic E-state index is 0.0789. The lowest BCUT2D eigenvalue weighted by molar-refractivity contribution is 0.0297. The van der Waals surface area contributed by atoms with Gasteiger partial charge in [0, 0.05) is 43.0 Å². The zero-order chi connectivity index (χ0) is 27.6. The molecule has 2 fully saturated rings. The molecule has 1 aliphatic heterocycles. The summed E-state index contributed by atoms with van der Waals surface area (Å²) < 4.78 is 26.7. The van der Waals surface area contributed by atoms with Gasteiger partial charge in [-0.15, -0.1) is 0 Å². The maximum absolute atomic E-state index is 16.9. The molecule has 7 heteroatoms. The van der Waals surface area contributed by atoms with Gasteiger partial charge in [-0.25, -0.2) is 4.39 Å². The number of halogens is 1. The molecular weight excluding hydrogens is 503 g/mol. The molecule has 1 aliphatic carbocycles. The standard InChI is InChI=1S/C33H35FN4O2/c1-20-18-36-37(3)30(20)23-17-27-29(35-19-23)25-11-12-26(33(2,39)24-9-10-24)28(34)32(25)38(27)31(21-7-5-4-6-8-21)22-13-15-40-16-14-22/h4-8,11-12,17-19,22,24,31,39H,9-10,13-16H2,1-3H3/t31-,33-/m1/s1. The van der Waals surface area contributed by atoms with Gasteiger partial charge < -0.3 is 14.4 Å². The molecule has 0 bridgehead atoms. The van der Waals surface area contributed by atoms with E-state index in [0.717, 1.165) is 64.5 Å². The van der Waals surface area contributed by atoms with E-state index >= 15 is 4.39 Å². The zero-order valence-electron chi connectivity index (χ0n) is 23.3. The summed E-state index contributed by atoms with van der Waals surface area (Å²) in [5.74, 6) is -0.0158. The third-order valence-electron chi connectivity index (χ3n) is 9.18. The molecule has 2 aromatic carbocycles. The number of pyridine rings is 1. The number of aromatic nitrogens is 4. The number of hydrogen-bond donors (Lipinski definition) is 1. The molecule has 1 N–H and O–H groups in total. The quantitative estimate of drug-likeness (QED) is 0.262. The first-order valence-electron chi connectivity index (χ1n) is 14.3. The Hall–Kier alpha value is -3.55. The maximum Gasteiger partial charge on any atom is 0.153 e. The largest absolute Gasteiger partial charge is 0.385 e. The van der Waals surface area contributed by atoms with Crippen molar-refractivity contribution in [1.82, 2.24) is 19.3 Å². The summed E-state index contributed by atoms with van der Waals surface area (Å²) in [5, 5.41) is 16.7. The second-order valence-electron chi connectivity index (χ2n) is 11.8. The lowest BCUT2D eigenvalue weighted by atomic mass is 9.86. The molecule has 0 amide bonds. The third kappa shape index (κ3) is 3.98. The van der Waals surface area contributed by atoms with Crippen LogP contribution < -0.4 is 0 Å². The highest BCUT2D eigenvalue weighted by molar-refractivity contribution is 6.07. The molecule has 1 saturated carbocycles. The summed E-state index contributed by atoms with van der Waals surface area (Å²) >= 11 is 0. The normalized spacial score (nSPS) is 18.8. The van der Waals surface area contributed by atoms with E-state index in [9.17, 15) is 5.11 Å². The Morgan fingerprint density at radius 1 is 1.05 bits per heavy atom. The first kappa shape index (κ1) is 25.4. The van der Waals surface area contributed by atoms with Crippen molar-refractivity contribution in [3.05, 3.63) is 83.4 Å². The monoisotopic (exact) mass is 538 g/mol. The van der Waals surface area contributed by atoms with E-state index in [0.29, 0.717) is 24.3 Å². The summed E-state index contributed by atoms with van der Waals surface area (Å²) in [4.78, 5) is 4.95. The number of ether oxygens (including phenoxy) is 1. The first-order valence-corrected chi connectivity index (χ1v) is 14.3. The van der Waals surface area contributed by atoms with E-state index in [1.54, 1.807) is 13.0 Å². The van der Waals surface area contributed by atoms with Crippen LogP contribution >= 0.6 is 0 Å². The van der Waals surface area contributed by atoms with Crippen molar-refractivity contribution in [2.24, 2.45) is 18.9 Å². The molecule has 1 saturated heterocycles.